The summed E-state index contributed by atoms with van der Waals surface area (Å²) in [6, 6.07) is 13.8. The van der Waals surface area contributed by atoms with Crippen LogP contribution in [0.2, 0.25) is 5.02 Å². The summed E-state index contributed by atoms with van der Waals surface area (Å²) in [7, 11) is 0. The van der Waals surface area contributed by atoms with Gasteiger partial charge in [0.05, 0.1) is 16.8 Å². The number of aromatic amines is 1. The second kappa shape index (κ2) is 6.86. The van der Waals surface area contributed by atoms with Crippen LogP contribution in [0.4, 0.5) is 5.69 Å². The van der Waals surface area contributed by atoms with Crippen LogP contribution >= 0.6 is 11.6 Å². The SMILES string of the molecule is N[C@@H](Cc1ccccc1)C(=O)Nc1cc2cc[nH]c(=O)c2cc1Cl. The molecule has 0 bridgehead atoms. The van der Waals surface area contributed by atoms with Gasteiger partial charge in [0.15, 0.2) is 0 Å². The first-order valence-electron chi connectivity index (χ1n) is 7.46. The van der Waals surface area contributed by atoms with Crippen LogP contribution in [0, 0.1) is 0 Å². The van der Waals surface area contributed by atoms with E-state index >= 15 is 0 Å². The molecule has 0 spiro atoms. The number of amides is 1. The number of carbonyl (C=O) groups excluding carboxylic acids is 1. The van der Waals surface area contributed by atoms with Crippen LogP contribution in [0.15, 0.2) is 59.5 Å². The van der Waals surface area contributed by atoms with Gasteiger partial charge in [-0.05, 0) is 35.6 Å². The van der Waals surface area contributed by atoms with Gasteiger partial charge in [0.2, 0.25) is 5.91 Å². The van der Waals surface area contributed by atoms with Gasteiger partial charge in [0.1, 0.15) is 0 Å². The third kappa shape index (κ3) is 3.48. The molecule has 5 nitrogen and oxygen atoms in total. The number of anilines is 1. The summed E-state index contributed by atoms with van der Waals surface area (Å²) in [4.78, 5) is 26.6. The fourth-order valence-corrected chi connectivity index (χ4v) is 2.70. The molecule has 0 radical (unpaired) electrons. The number of halogens is 1. The third-order valence-electron chi connectivity index (χ3n) is 3.75. The van der Waals surface area contributed by atoms with Crippen LogP contribution in [-0.4, -0.2) is 16.9 Å². The highest BCUT2D eigenvalue weighted by molar-refractivity contribution is 6.34. The summed E-state index contributed by atoms with van der Waals surface area (Å²) in [5.41, 5.74) is 7.16. The number of benzene rings is 2. The normalized spacial score (nSPS) is 12.1. The smallest absolute Gasteiger partial charge is 0.255 e. The Morgan fingerprint density at radius 1 is 1.21 bits per heavy atom. The summed E-state index contributed by atoms with van der Waals surface area (Å²) in [6.45, 7) is 0. The third-order valence-corrected chi connectivity index (χ3v) is 4.07. The molecule has 1 aromatic heterocycles. The van der Waals surface area contributed by atoms with Crippen molar-refractivity contribution in [3.05, 3.63) is 75.7 Å². The Hall–Kier alpha value is -2.63. The lowest BCUT2D eigenvalue weighted by Crippen LogP contribution is -2.37. The van der Waals surface area contributed by atoms with Crippen molar-refractivity contribution in [2.24, 2.45) is 5.73 Å². The number of nitrogens with one attached hydrogen (secondary N) is 2. The van der Waals surface area contributed by atoms with E-state index in [1.165, 1.54) is 6.07 Å². The van der Waals surface area contributed by atoms with E-state index < -0.39 is 6.04 Å². The molecule has 4 N–H and O–H groups in total. The van der Waals surface area contributed by atoms with Crippen molar-refractivity contribution in [3.63, 3.8) is 0 Å². The van der Waals surface area contributed by atoms with Gasteiger partial charge < -0.3 is 16.0 Å². The Morgan fingerprint density at radius 2 is 1.96 bits per heavy atom. The molecule has 2 aromatic carbocycles. The summed E-state index contributed by atoms with van der Waals surface area (Å²) in [5, 5.41) is 4.18. The van der Waals surface area contributed by atoms with Crippen molar-refractivity contribution in [3.8, 4) is 0 Å². The maximum atomic E-state index is 12.3. The van der Waals surface area contributed by atoms with Gasteiger partial charge in [-0.15, -0.1) is 0 Å². The van der Waals surface area contributed by atoms with Crippen LogP contribution in [0.25, 0.3) is 10.8 Å². The lowest BCUT2D eigenvalue weighted by molar-refractivity contribution is -0.117. The Balaban J connectivity index is 1.80. The first-order valence-corrected chi connectivity index (χ1v) is 7.84. The average molecular weight is 342 g/mol. The molecule has 0 aliphatic rings. The van der Waals surface area contributed by atoms with Crippen LogP contribution < -0.4 is 16.6 Å². The molecule has 1 atom stereocenters. The van der Waals surface area contributed by atoms with Crippen molar-refractivity contribution in [2.75, 3.05) is 5.32 Å². The predicted molar refractivity (Wildman–Crippen MR) is 96.3 cm³/mol. The molecule has 0 fully saturated rings. The zero-order valence-electron chi connectivity index (χ0n) is 12.8. The molecule has 1 heterocycles. The van der Waals surface area contributed by atoms with Gasteiger partial charge in [-0.1, -0.05) is 41.9 Å². The largest absolute Gasteiger partial charge is 0.329 e. The maximum Gasteiger partial charge on any atom is 0.255 e. The second-order valence-corrected chi connectivity index (χ2v) is 5.92. The van der Waals surface area contributed by atoms with Gasteiger partial charge in [-0.25, -0.2) is 0 Å². The molecule has 24 heavy (non-hydrogen) atoms. The minimum Gasteiger partial charge on any atom is -0.329 e. The number of H-pyrrole nitrogens is 1. The van der Waals surface area contributed by atoms with E-state index in [1.807, 2.05) is 30.3 Å². The topological polar surface area (TPSA) is 88.0 Å². The molecule has 3 aromatic rings. The van der Waals surface area contributed by atoms with Gasteiger partial charge in [-0.3, -0.25) is 9.59 Å². The molecule has 0 aliphatic heterocycles. The van der Waals surface area contributed by atoms with Gasteiger partial charge in [0, 0.05) is 11.6 Å². The molecule has 0 saturated heterocycles. The predicted octanol–water partition coefficient (Wildman–Crippen LogP) is 2.69. The lowest BCUT2D eigenvalue weighted by Gasteiger charge is -2.14. The number of fused-ring (bicyclic) bond motifs is 1. The minimum atomic E-state index is -0.696. The average Bonchev–Trinajstić information content (AvgIpc) is 2.57. The van der Waals surface area contributed by atoms with E-state index in [1.54, 1.807) is 18.3 Å². The molecule has 122 valence electrons. The van der Waals surface area contributed by atoms with E-state index in [0.29, 0.717) is 27.9 Å². The zero-order valence-corrected chi connectivity index (χ0v) is 13.5. The molecule has 6 heteroatoms. The fourth-order valence-electron chi connectivity index (χ4n) is 2.49. The van der Waals surface area contributed by atoms with Crippen molar-refractivity contribution in [1.82, 2.24) is 4.98 Å². The molecular formula is C18H16ClN3O2. The van der Waals surface area contributed by atoms with E-state index in [4.69, 9.17) is 17.3 Å². The number of carbonyl (C=O) groups is 1. The molecular weight excluding hydrogens is 326 g/mol. The highest BCUT2D eigenvalue weighted by Crippen LogP contribution is 2.26. The van der Waals surface area contributed by atoms with Crippen molar-refractivity contribution in [1.29, 1.82) is 0 Å². The van der Waals surface area contributed by atoms with Crippen LogP contribution in [0.1, 0.15) is 5.56 Å². The number of rotatable bonds is 4. The second-order valence-electron chi connectivity index (χ2n) is 5.51. The highest BCUT2D eigenvalue weighted by atomic mass is 35.5. The Bertz CT molecular complexity index is 938. The molecule has 0 saturated carbocycles. The number of hydrogen-bond donors (Lipinski definition) is 3. The van der Waals surface area contributed by atoms with Gasteiger partial charge in [-0.2, -0.15) is 0 Å². The maximum absolute atomic E-state index is 12.3. The van der Waals surface area contributed by atoms with Gasteiger partial charge in [0.25, 0.3) is 5.56 Å². The molecule has 0 unspecified atom stereocenters. The summed E-state index contributed by atoms with van der Waals surface area (Å²) >= 11 is 6.18. The van der Waals surface area contributed by atoms with Gasteiger partial charge >= 0.3 is 0 Å². The van der Waals surface area contributed by atoms with Crippen LogP contribution in [0.3, 0.4) is 0 Å². The Morgan fingerprint density at radius 3 is 2.71 bits per heavy atom. The van der Waals surface area contributed by atoms with E-state index in [0.717, 1.165) is 5.56 Å². The summed E-state index contributed by atoms with van der Waals surface area (Å²) < 4.78 is 0. The summed E-state index contributed by atoms with van der Waals surface area (Å²) in [6.07, 6.45) is 1.98. The van der Waals surface area contributed by atoms with Crippen molar-refractivity contribution < 1.29 is 4.79 Å². The van der Waals surface area contributed by atoms with Crippen LogP contribution in [0.5, 0.6) is 0 Å². The summed E-state index contributed by atoms with van der Waals surface area (Å²) in [5.74, 6) is -0.329. The van der Waals surface area contributed by atoms with Crippen LogP contribution in [-0.2, 0) is 11.2 Å². The molecule has 3 rings (SSSR count). The highest BCUT2D eigenvalue weighted by Gasteiger charge is 2.16. The zero-order chi connectivity index (χ0) is 17.1. The number of nitrogens with two attached hydrogens (primary N) is 1. The number of pyridine rings is 1. The number of aromatic nitrogens is 1. The Kier molecular flexibility index (Phi) is 4.64. The van der Waals surface area contributed by atoms with E-state index in [2.05, 4.69) is 10.3 Å². The number of hydrogen-bond acceptors (Lipinski definition) is 3. The quantitative estimate of drug-likeness (QED) is 0.681. The van der Waals surface area contributed by atoms with E-state index in [-0.39, 0.29) is 11.5 Å². The fraction of sp³-hybridized carbons (Fsp3) is 0.111. The Labute approximate surface area is 143 Å². The van der Waals surface area contributed by atoms with E-state index in [9.17, 15) is 9.59 Å². The molecule has 1 amide bonds. The minimum absolute atomic E-state index is 0.229. The molecule has 0 aliphatic carbocycles. The lowest BCUT2D eigenvalue weighted by atomic mass is 10.1. The first-order chi connectivity index (χ1) is 11.5. The van der Waals surface area contributed by atoms with Crippen molar-refractivity contribution >= 4 is 34.0 Å². The monoisotopic (exact) mass is 341 g/mol. The van der Waals surface area contributed by atoms with Crippen molar-refractivity contribution in [2.45, 2.75) is 12.5 Å². The standard InChI is InChI=1S/C18H16ClN3O2/c19-14-10-13-12(6-7-21-17(13)23)9-16(14)22-18(24)15(20)8-11-4-2-1-3-5-11/h1-7,9-10,15H,8,20H2,(H,21,23)(H,22,24)/t15-/m0/s1. The first kappa shape index (κ1) is 16.2.